The number of anilines is 1. The zero-order valence-electron chi connectivity index (χ0n) is 13.9. The molecule has 1 aliphatic rings. The third-order valence-corrected chi connectivity index (χ3v) is 5.13. The van der Waals surface area contributed by atoms with Gasteiger partial charge in [0.05, 0.1) is 17.8 Å². The summed E-state index contributed by atoms with van der Waals surface area (Å²) < 4.78 is 5.73. The third-order valence-electron chi connectivity index (χ3n) is 3.96. The van der Waals surface area contributed by atoms with Crippen LogP contribution in [0.3, 0.4) is 0 Å². The van der Waals surface area contributed by atoms with E-state index in [1.165, 1.54) is 11.8 Å². The first kappa shape index (κ1) is 16.9. The second-order valence-electron chi connectivity index (χ2n) is 6.10. The number of carbonyl (C=O) groups excluding carboxylic acids is 1. The molecular formula is C19H22N2O2S. The van der Waals surface area contributed by atoms with Crippen LogP contribution in [0, 0.1) is 0 Å². The molecular weight excluding hydrogens is 320 g/mol. The molecule has 0 bridgehead atoms. The van der Waals surface area contributed by atoms with Gasteiger partial charge in [0.1, 0.15) is 0 Å². The van der Waals surface area contributed by atoms with Crippen LogP contribution in [0.1, 0.15) is 24.2 Å². The van der Waals surface area contributed by atoms with Gasteiger partial charge in [-0.1, -0.05) is 36.0 Å². The van der Waals surface area contributed by atoms with Crippen molar-refractivity contribution in [3.8, 4) is 0 Å². The highest BCUT2D eigenvalue weighted by molar-refractivity contribution is 7.99. The predicted octanol–water partition coefficient (Wildman–Crippen LogP) is 3.67. The van der Waals surface area contributed by atoms with Gasteiger partial charge < -0.3 is 15.4 Å². The standard InChI is InChI=1S/C19H22N2O2S/c1-13-11-21(12-14(2)23-13)19(22)15-7-3-5-9-17(15)24-18-10-6-4-8-16(18)20/h3-10,13-14H,11-12,20H2,1-2H3/t13-,14+. The third kappa shape index (κ3) is 3.74. The van der Waals surface area contributed by atoms with Crippen LogP contribution in [-0.4, -0.2) is 36.1 Å². The van der Waals surface area contributed by atoms with Crippen LogP contribution >= 0.6 is 11.8 Å². The number of ether oxygens (including phenoxy) is 1. The summed E-state index contributed by atoms with van der Waals surface area (Å²) in [6.07, 6.45) is 0.115. The molecule has 0 aromatic heterocycles. The van der Waals surface area contributed by atoms with E-state index in [1.54, 1.807) is 0 Å². The second-order valence-corrected chi connectivity index (χ2v) is 7.19. The number of carbonyl (C=O) groups is 1. The summed E-state index contributed by atoms with van der Waals surface area (Å²) in [7, 11) is 0. The number of hydrogen-bond acceptors (Lipinski definition) is 4. The first-order valence-electron chi connectivity index (χ1n) is 8.10. The van der Waals surface area contributed by atoms with Crippen LogP contribution in [0.25, 0.3) is 0 Å². The molecule has 0 spiro atoms. The summed E-state index contributed by atoms with van der Waals surface area (Å²) >= 11 is 1.53. The van der Waals surface area contributed by atoms with Gasteiger partial charge in [0.2, 0.25) is 0 Å². The average molecular weight is 342 g/mol. The highest BCUT2D eigenvalue weighted by Gasteiger charge is 2.27. The van der Waals surface area contributed by atoms with Crippen molar-refractivity contribution in [2.75, 3.05) is 18.8 Å². The lowest BCUT2D eigenvalue weighted by Gasteiger charge is -2.35. The molecule has 0 aliphatic carbocycles. The van der Waals surface area contributed by atoms with Crippen LogP contribution in [0.15, 0.2) is 58.3 Å². The Bertz CT molecular complexity index is 725. The van der Waals surface area contributed by atoms with Crippen molar-refractivity contribution in [3.05, 3.63) is 54.1 Å². The molecule has 2 aromatic rings. The van der Waals surface area contributed by atoms with E-state index < -0.39 is 0 Å². The van der Waals surface area contributed by atoms with E-state index in [4.69, 9.17) is 10.5 Å². The minimum Gasteiger partial charge on any atom is -0.398 e. The highest BCUT2D eigenvalue weighted by atomic mass is 32.2. The van der Waals surface area contributed by atoms with Crippen molar-refractivity contribution in [2.45, 2.75) is 35.8 Å². The van der Waals surface area contributed by atoms with E-state index in [0.29, 0.717) is 18.7 Å². The Labute approximate surface area is 147 Å². The molecule has 1 heterocycles. The zero-order chi connectivity index (χ0) is 17.1. The van der Waals surface area contributed by atoms with Gasteiger partial charge in [-0.2, -0.15) is 0 Å². The van der Waals surface area contributed by atoms with Gasteiger partial charge in [0.25, 0.3) is 5.91 Å². The zero-order valence-corrected chi connectivity index (χ0v) is 14.8. The van der Waals surface area contributed by atoms with E-state index in [9.17, 15) is 4.79 Å². The first-order valence-corrected chi connectivity index (χ1v) is 8.92. The molecule has 0 saturated carbocycles. The van der Waals surface area contributed by atoms with Crippen LogP contribution in [0.2, 0.25) is 0 Å². The summed E-state index contributed by atoms with van der Waals surface area (Å²) in [4.78, 5) is 16.8. The summed E-state index contributed by atoms with van der Waals surface area (Å²) in [5.74, 6) is 0.0506. The second kappa shape index (κ2) is 7.28. The summed E-state index contributed by atoms with van der Waals surface area (Å²) in [5.41, 5.74) is 7.48. The molecule has 1 saturated heterocycles. The van der Waals surface area contributed by atoms with E-state index in [0.717, 1.165) is 15.5 Å². The van der Waals surface area contributed by atoms with Crippen LogP contribution in [-0.2, 0) is 4.74 Å². The smallest absolute Gasteiger partial charge is 0.255 e. The van der Waals surface area contributed by atoms with Crippen LogP contribution in [0.5, 0.6) is 0 Å². The maximum atomic E-state index is 13.0. The van der Waals surface area contributed by atoms with E-state index in [2.05, 4.69) is 0 Å². The fourth-order valence-corrected chi connectivity index (χ4v) is 3.92. The first-order chi connectivity index (χ1) is 11.5. The molecule has 2 N–H and O–H groups in total. The number of nitrogens with zero attached hydrogens (tertiary/aromatic N) is 1. The number of benzene rings is 2. The molecule has 2 atom stereocenters. The maximum absolute atomic E-state index is 13.0. The largest absolute Gasteiger partial charge is 0.398 e. The predicted molar refractivity (Wildman–Crippen MR) is 97.3 cm³/mol. The van der Waals surface area contributed by atoms with E-state index in [1.807, 2.05) is 67.3 Å². The SMILES string of the molecule is C[C@@H]1CN(C(=O)c2ccccc2Sc2ccccc2N)C[C@H](C)O1. The molecule has 126 valence electrons. The number of morpholine rings is 1. The summed E-state index contributed by atoms with van der Waals surface area (Å²) in [5, 5.41) is 0. The Hall–Kier alpha value is -1.98. The van der Waals surface area contributed by atoms with Crippen LogP contribution < -0.4 is 5.73 Å². The van der Waals surface area contributed by atoms with Gasteiger partial charge in [-0.05, 0) is 38.1 Å². The Morgan fingerprint density at radius 3 is 2.29 bits per heavy atom. The summed E-state index contributed by atoms with van der Waals surface area (Å²) in [6.45, 7) is 5.24. The topological polar surface area (TPSA) is 55.6 Å². The number of para-hydroxylation sites is 1. The lowest BCUT2D eigenvalue weighted by Crippen LogP contribution is -2.48. The average Bonchev–Trinajstić information content (AvgIpc) is 2.56. The Morgan fingerprint density at radius 2 is 1.62 bits per heavy atom. The molecule has 0 unspecified atom stereocenters. The molecule has 0 radical (unpaired) electrons. The van der Waals surface area contributed by atoms with E-state index >= 15 is 0 Å². The molecule has 1 fully saturated rings. The number of nitrogen functional groups attached to an aromatic ring is 1. The fraction of sp³-hybridized carbons (Fsp3) is 0.316. The molecule has 5 heteroatoms. The van der Waals surface area contributed by atoms with Crippen molar-refractivity contribution >= 4 is 23.4 Å². The molecule has 1 aliphatic heterocycles. The van der Waals surface area contributed by atoms with Crippen molar-refractivity contribution in [1.29, 1.82) is 0 Å². The molecule has 3 rings (SSSR count). The fourth-order valence-electron chi connectivity index (χ4n) is 2.94. The minimum atomic E-state index is 0.0506. The lowest BCUT2D eigenvalue weighted by atomic mass is 10.1. The van der Waals surface area contributed by atoms with E-state index in [-0.39, 0.29) is 18.1 Å². The van der Waals surface area contributed by atoms with Gasteiger partial charge in [0.15, 0.2) is 0 Å². The molecule has 1 amide bonds. The number of nitrogens with two attached hydrogens (primary N) is 1. The van der Waals surface area contributed by atoms with Gasteiger partial charge in [-0.3, -0.25) is 4.79 Å². The summed E-state index contributed by atoms with van der Waals surface area (Å²) in [6, 6.07) is 15.4. The Balaban J connectivity index is 1.86. The maximum Gasteiger partial charge on any atom is 0.255 e. The van der Waals surface area contributed by atoms with Crippen LogP contribution in [0.4, 0.5) is 5.69 Å². The highest BCUT2D eigenvalue weighted by Crippen LogP contribution is 2.34. The van der Waals surface area contributed by atoms with Gasteiger partial charge in [-0.15, -0.1) is 0 Å². The Kier molecular flexibility index (Phi) is 5.11. The van der Waals surface area contributed by atoms with Crippen molar-refractivity contribution in [2.24, 2.45) is 0 Å². The molecule has 2 aromatic carbocycles. The minimum absolute atomic E-state index is 0.0506. The number of amides is 1. The van der Waals surface area contributed by atoms with Crippen molar-refractivity contribution < 1.29 is 9.53 Å². The quantitative estimate of drug-likeness (QED) is 0.865. The monoisotopic (exact) mass is 342 g/mol. The molecule has 4 nitrogen and oxygen atoms in total. The number of rotatable bonds is 3. The molecule has 24 heavy (non-hydrogen) atoms. The van der Waals surface area contributed by atoms with Crippen molar-refractivity contribution in [3.63, 3.8) is 0 Å². The van der Waals surface area contributed by atoms with Gasteiger partial charge in [-0.25, -0.2) is 0 Å². The number of hydrogen-bond donors (Lipinski definition) is 1. The Morgan fingerprint density at radius 1 is 1.04 bits per heavy atom. The van der Waals surface area contributed by atoms with Gasteiger partial charge >= 0.3 is 0 Å². The lowest BCUT2D eigenvalue weighted by molar-refractivity contribution is -0.0586. The van der Waals surface area contributed by atoms with Gasteiger partial charge in [0, 0.05) is 28.6 Å². The van der Waals surface area contributed by atoms with Crippen molar-refractivity contribution in [1.82, 2.24) is 4.90 Å². The normalized spacial score (nSPS) is 20.8.